The van der Waals surface area contributed by atoms with Crippen LogP contribution in [-0.4, -0.2) is 28.4 Å². The predicted molar refractivity (Wildman–Crippen MR) is 146 cm³/mol. The van der Waals surface area contributed by atoms with Gasteiger partial charge in [-0.3, -0.25) is 9.59 Å². The number of hydrogen-bond acceptors (Lipinski definition) is 5. The molecule has 1 N–H and O–H groups in total. The van der Waals surface area contributed by atoms with Crippen molar-refractivity contribution in [3.8, 4) is 5.75 Å². The lowest BCUT2D eigenvalue weighted by atomic mass is 10.2. The highest BCUT2D eigenvalue weighted by atomic mass is 127. The molecule has 0 aliphatic rings. The molecule has 1 heterocycles. The first-order valence-electron chi connectivity index (χ1n) is 10.3. The first-order valence-corrected chi connectivity index (χ1v) is 12.2. The predicted octanol–water partition coefficient (Wildman–Crippen LogP) is 5.28. The second kappa shape index (κ2) is 10.5. The SMILES string of the molecule is Cc1ccccc1NC(=O)COc1ccc(C=Nn2c(C)nc3ccc(Br)cc3c2=O)cc1I. The molecule has 7 nitrogen and oxygen atoms in total. The first kappa shape index (κ1) is 24.1. The third-order valence-electron chi connectivity index (χ3n) is 5.03. The summed E-state index contributed by atoms with van der Waals surface area (Å²) in [5.74, 6) is 0.842. The molecule has 0 saturated heterocycles. The summed E-state index contributed by atoms with van der Waals surface area (Å²) >= 11 is 5.53. The normalized spacial score (nSPS) is 11.2. The summed E-state index contributed by atoms with van der Waals surface area (Å²) in [5.41, 5.74) is 2.91. The maximum Gasteiger partial charge on any atom is 0.282 e. The Balaban J connectivity index is 1.47. The fourth-order valence-corrected chi connectivity index (χ4v) is 4.33. The summed E-state index contributed by atoms with van der Waals surface area (Å²) in [6, 6.07) is 18.4. The number of nitrogens with one attached hydrogen (secondary N) is 1. The van der Waals surface area contributed by atoms with Crippen LogP contribution < -0.4 is 15.6 Å². The Labute approximate surface area is 218 Å². The van der Waals surface area contributed by atoms with Gasteiger partial charge in [0, 0.05) is 10.2 Å². The van der Waals surface area contributed by atoms with Crippen molar-refractivity contribution in [2.75, 3.05) is 11.9 Å². The molecule has 0 aliphatic carbocycles. The van der Waals surface area contributed by atoms with Gasteiger partial charge in [-0.2, -0.15) is 9.78 Å². The average Bonchev–Trinajstić information content (AvgIpc) is 2.80. The first-order chi connectivity index (χ1) is 16.3. The molecule has 0 aliphatic heterocycles. The number of benzene rings is 3. The smallest absolute Gasteiger partial charge is 0.282 e. The number of nitrogens with zero attached hydrogens (tertiary/aromatic N) is 3. The molecule has 0 radical (unpaired) electrons. The van der Waals surface area contributed by atoms with E-state index in [1.807, 2.05) is 49.4 Å². The second-order valence-corrected chi connectivity index (χ2v) is 9.60. The van der Waals surface area contributed by atoms with Gasteiger partial charge in [0.25, 0.3) is 11.5 Å². The van der Waals surface area contributed by atoms with Gasteiger partial charge in [-0.15, -0.1) is 0 Å². The number of anilines is 1. The Morgan fingerprint density at radius 2 is 1.97 bits per heavy atom. The van der Waals surface area contributed by atoms with Crippen molar-refractivity contribution in [1.82, 2.24) is 9.66 Å². The van der Waals surface area contributed by atoms with Crippen LogP contribution in [0, 0.1) is 17.4 Å². The summed E-state index contributed by atoms with van der Waals surface area (Å²) < 4.78 is 8.59. The molecule has 0 bridgehead atoms. The number of rotatable bonds is 6. The average molecular weight is 631 g/mol. The molecule has 1 aromatic heterocycles. The fraction of sp³-hybridized carbons (Fsp3) is 0.120. The van der Waals surface area contributed by atoms with Crippen LogP contribution >= 0.6 is 38.5 Å². The zero-order chi connectivity index (χ0) is 24.2. The molecule has 0 saturated carbocycles. The van der Waals surface area contributed by atoms with E-state index in [4.69, 9.17) is 4.74 Å². The van der Waals surface area contributed by atoms with Gasteiger partial charge in [-0.1, -0.05) is 34.1 Å². The molecule has 1 amide bonds. The third kappa shape index (κ3) is 5.53. The Bertz CT molecular complexity index is 1480. The van der Waals surface area contributed by atoms with Crippen LogP contribution in [0.2, 0.25) is 0 Å². The quantitative estimate of drug-likeness (QED) is 0.232. The van der Waals surface area contributed by atoms with E-state index in [-0.39, 0.29) is 18.1 Å². The highest BCUT2D eigenvalue weighted by molar-refractivity contribution is 14.1. The van der Waals surface area contributed by atoms with Crippen LogP contribution in [0.4, 0.5) is 5.69 Å². The van der Waals surface area contributed by atoms with E-state index in [1.54, 1.807) is 31.3 Å². The van der Waals surface area contributed by atoms with Crippen molar-refractivity contribution in [3.63, 3.8) is 0 Å². The van der Waals surface area contributed by atoms with Crippen molar-refractivity contribution in [2.45, 2.75) is 13.8 Å². The maximum atomic E-state index is 12.9. The number of halogens is 2. The number of carbonyl (C=O) groups is 1. The van der Waals surface area contributed by atoms with Crippen molar-refractivity contribution < 1.29 is 9.53 Å². The number of ether oxygens (including phenoxy) is 1. The Morgan fingerprint density at radius 3 is 2.74 bits per heavy atom. The van der Waals surface area contributed by atoms with Crippen LogP contribution in [0.5, 0.6) is 5.75 Å². The van der Waals surface area contributed by atoms with Crippen LogP contribution in [-0.2, 0) is 4.79 Å². The van der Waals surface area contributed by atoms with Gasteiger partial charge in [0.1, 0.15) is 11.6 Å². The lowest BCUT2D eigenvalue weighted by Gasteiger charge is -2.11. The zero-order valence-corrected chi connectivity index (χ0v) is 22.1. The van der Waals surface area contributed by atoms with Gasteiger partial charge in [0.05, 0.1) is 20.7 Å². The number of aryl methyl sites for hydroxylation is 2. The highest BCUT2D eigenvalue weighted by Crippen LogP contribution is 2.22. The van der Waals surface area contributed by atoms with Crippen molar-refractivity contribution in [2.24, 2.45) is 5.10 Å². The van der Waals surface area contributed by atoms with E-state index in [1.165, 1.54) is 4.68 Å². The van der Waals surface area contributed by atoms with Gasteiger partial charge < -0.3 is 10.1 Å². The van der Waals surface area contributed by atoms with E-state index in [2.05, 4.69) is 53.9 Å². The summed E-state index contributed by atoms with van der Waals surface area (Å²) in [5, 5.41) is 7.68. The Morgan fingerprint density at radius 1 is 1.18 bits per heavy atom. The third-order valence-corrected chi connectivity index (χ3v) is 6.36. The van der Waals surface area contributed by atoms with E-state index in [9.17, 15) is 9.59 Å². The minimum Gasteiger partial charge on any atom is -0.483 e. The summed E-state index contributed by atoms with van der Waals surface area (Å²) in [6.07, 6.45) is 1.59. The minimum atomic E-state index is -0.241. The van der Waals surface area contributed by atoms with Crippen LogP contribution in [0.25, 0.3) is 10.9 Å². The summed E-state index contributed by atoms with van der Waals surface area (Å²) in [7, 11) is 0. The lowest BCUT2D eigenvalue weighted by molar-refractivity contribution is -0.118. The van der Waals surface area contributed by atoms with Crippen LogP contribution in [0.15, 0.2) is 75.0 Å². The number of hydrogen-bond donors (Lipinski definition) is 1. The standard InChI is InChI=1S/C25H20BrIN4O3/c1-15-5-3-4-6-21(15)30-24(32)14-34-23-10-7-17(11-20(23)27)13-28-31-16(2)29-22-9-8-18(26)12-19(22)25(31)33/h3-13H,14H2,1-2H3,(H,30,32). The fourth-order valence-electron chi connectivity index (χ4n) is 3.28. The van der Waals surface area contributed by atoms with Gasteiger partial charge in [0.15, 0.2) is 6.61 Å². The molecule has 0 fully saturated rings. The number of para-hydroxylation sites is 1. The molecular formula is C25H20BrIN4O3. The molecule has 0 atom stereocenters. The van der Waals surface area contributed by atoms with Crippen molar-refractivity contribution >= 4 is 67.2 Å². The number of fused-ring (bicyclic) bond motifs is 1. The van der Waals surface area contributed by atoms with Crippen LogP contribution in [0.3, 0.4) is 0 Å². The lowest BCUT2D eigenvalue weighted by Crippen LogP contribution is -2.21. The number of carbonyl (C=O) groups excluding carboxylic acids is 1. The van der Waals surface area contributed by atoms with E-state index < -0.39 is 0 Å². The van der Waals surface area contributed by atoms with Crippen molar-refractivity contribution in [3.05, 3.63) is 96.0 Å². The molecule has 0 spiro atoms. The Hall–Kier alpha value is -3.05. The van der Waals surface area contributed by atoms with Gasteiger partial charge >= 0.3 is 0 Å². The molecule has 172 valence electrons. The van der Waals surface area contributed by atoms with Gasteiger partial charge in [0.2, 0.25) is 0 Å². The van der Waals surface area contributed by atoms with Crippen molar-refractivity contribution in [1.29, 1.82) is 0 Å². The largest absolute Gasteiger partial charge is 0.483 e. The molecule has 4 aromatic rings. The molecule has 9 heteroatoms. The van der Waals surface area contributed by atoms with E-state index in [0.29, 0.717) is 22.5 Å². The zero-order valence-electron chi connectivity index (χ0n) is 18.4. The minimum absolute atomic E-state index is 0.106. The molecule has 34 heavy (non-hydrogen) atoms. The van der Waals surface area contributed by atoms with Crippen LogP contribution in [0.1, 0.15) is 17.0 Å². The maximum absolute atomic E-state index is 12.9. The molecule has 0 unspecified atom stereocenters. The summed E-state index contributed by atoms with van der Waals surface area (Å²) in [4.78, 5) is 29.6. The molecule has 3 aromatic carbocycles. The molecular weight excluding hydrogens is 611 g/mol. The van der Waals surface area contributed by atoms with E-state index >= 15 is 0 Å². The summed E-state index contributed by atoms with van der Waals surface area (Å²) in [6.45, 7) is 3.57. The van der Waals surface area contributed by atoms with Gasteiger partial charge in [-0.25, -0.2) is 4.98 Å². The Kier molecular flexibility index (Phi) is 7.42. The van der Waals surface area contributed by atoms with Gasteiger partial charge in [-0.05, 0) is 90.0 Å². The number of amides is 1. The number of aromatic nitrogens is 2. The topological polar surface area (TPSA) is 85.6 Å². The second-order valence-electron chi connectivity index (χ2n) is 7.52. The highest BCUT2D eigenvalue weighted by Gasteiger charge is 2.10. The monoisotopic (exact) mass is 630 g/mol. The van der Waals surface area contributed by atoms with E-state index in [0.717, 1.165) is 24.9 Å². The molecule has 4 rings (SSSR count).